The lowest BCUT2D eigenvalue weighted by atomic mass is 10.1. The SMILES string of the molecule is COc1ccc(-c2[nH]ncc2N=Nc2ccc(C(F)(F)F)cc2)cc1. The molecule has 0 aliphatic carbocycles. The highest BCUT2D eigenvalue weighted by Crippen LogP contribution is 2.32. The summed E-state index contributed by atoms with van der Waals surface area (Å²) in [6.07, 6.45) is -2.88. The Bertz CT molecular complexity index is 868. The van der Waals surface area contributed by atoms with Crippen molar-refractivity contribution in [2.45, 2.75) is 6.18 Å². The fourth-order valence-corrected chi connectivity index (χ4v) is 2.15. The van der Waals surface area contributed by atoms with Crippen LogP contribution in [0.4, 0.5) is 24.5 Å². The third-order valence-corrected chi connectivity index (χ3v) is 3.47. The van der Waals surface area contributed by atoms with Gasteiger partial charge in [0.15, 0.2) is 0 Å². The Morgan fingerprint density at radius 1 is 0.960 bits per heavy atom. The standard InChI is InChI=1S/C17H13F3N4O/c1-25-14-8-2-11(3-9-14)16-15(10-21-24-16)23-22-13-6-4-12(5-7-13)17(18,19)20/h2-10H,1H3,(H,21,24). The third-order valence-electron chi connectivity index (χ3n) is 3.47. The number of aromatic amines is 1. The molecule has 0 unspecified atom stereocenters. The molecule has 2 aromatic carbocycles. The minimum absolute atomic E-state index is 0.315. The Labute approximate surface area is 141 Å². The number of aromatic nitrogens is 2. The average molecular weight is 346 g/mol. The van der Waals surface area contributed by atoms with Crippen LogP contribution in [0.5, 0.6) is 5.75 Å². The quantitative estimate of drug-likeness (QED) is 0.632. The number of rotatable bonds is 4. The van der Waals surface area contributed by atoms with Gasteiger partial charge in [-0.3, -0.25) is 5.10 Å². The largest absolute Gasteiger partial charge is 0.497 e. The van der Waals surface area contributed by atoms with Crippen molar-refractivity contribution >= 4 is 11.4 Å². The molecular weight excluding hydrogens is 333 g/mol. The highest BCUT2D eigenvalue weighted by Gasteiger charge is 2.29. The van der Waals surface area contributed by atoms with E-state index < -0.39 is 11.7 Å². The minimum Gasteiger partial charge on any atom is -0.497 e. The topological polar surface area (TPSA) is 62.6 Å². The van der Waals surface area contributed by atoms with Gasteiger partial charge in [-0.15, -0.1) is 5.11 Å². The van der Waals surface area contributed by atoms with Crippen LogP contribution in [0.1, 0.15) is 5.56 Å². The van der Waals surface area contributed by atoms with E-state index in [1.165, 1.54) is 18.3 Å². The Balaban J connectivity index is 1.81. The van der Waals surface area contributed by atoms with Gasteiger partial charge in [0.05, 0.1) is 30.3 Å². The third kappa shape index (κ3) is 3.85. The molecule has 128 valence electrons. The van der Waals surface area contributed by atoms with E-state index >= 15 is 0 Å². The zero-order valence-corrected chi connectivity index (χ0v) is 13.1. The van der Waals surface area contributed by atoms with Gasteiger partial charge in [0.1, 0.15) is 11.4 Å². The van der Waals surface area contributed by atoms with Crippen molar-refractivity contribution in [3.05, 3.63) is 60.3 Å². The van der Waals surface area contributed by atoms with Crippen LogP contribution >= 0.6 is 0 Å². The van der Waals surface area contributed by atoms with E-state index in [1.807, 2.05) is 12.1 Å². The van der Waals surface area contributed by atoms with E-state index in [-0.39, 0.29) is 0 Å². The number of nitrogens with zero attached hydrogens (tertiary/aromatic N) is 3. The molecule has 0 saturated carbocycles. The summed E-state index contributed by atoms with van der Waals surface area (Å²) in [5, 5.41) is 14.8. The van der Waals surface area contributed by atoms with E-state index in [0.29, 0.717) is 17.1 Å². The number of azo groups is 1. The number of ether oxygens (including phenoxy) is 1. The Kier molecular flexibility index (Phi) is 4.51. The number of hydrogen-bond acceptors (Lipinski definition) is 4. The van der Waals surface area contributed by atoms with Gasteiger partial charge in [-0.1, -0.05) is 0 Å². The van der Waals surface area contributed by atoms with Crippen LogP contribution in [-0.4, -0.2) is 17.3 Å². The first-order chi connectivity index (χ1) is 12.0. The van der Waals surface area contributed by atoms with Gasteiger partial charge in [-0.25, -0.2) is 0 Å². The molecule has 0 atom stereocenters. The summed E-state index contributed by atoms with van der Waals surface area (Å²) in [7, 11) is 1.58. The molecule has 0 amide bonds. The maximum Gasteiger partial charge on any atom is 0.416 e. The molecule has 0 fully saturated rings. The summed E-state index contributed by atoms with van der Waals surface area (Å²) in [5.74, 6) is 0.719. The van der Waals surface area contributed by atoms with Crippen LogP contribution in [0, 0.1) is 0 Å². The molecule has 1 aromatic heterocycles. The molecule has 0 bridgehead atoms. The first-order valence-corrected chi connectivity index (χ1v) is 7.24. The zero-order chi connectivity index (χ0) is 17.9. The van der Waals surface area contributed by atoms with Crippen molar-refractivity contribution in [2.24, 2.45) is 10.2 Å². The lowest BCUT2D eigenvalue weighted by Crippen LogP contribution is -2.03. The summed E-state index contributed by atoms with van der Waals surface area (Å²) < 4.78 is 42.8. The van der Waals surface area contributed by atoms with Gasteiger partial charge < -0.3 is 4.74 Å². The van der Waals surface area contributed by atoms with Gasteiger partial charge in [-0.2, -0.15) is 23.4 Å². The van der Waals surface area contributed by atoms with Crippen molar-refractivity contribution in [1.82, 2.24) is 10.2 Å². The summed E-state index contributed by atoms with van der Waals surface area (Å²) in [6.45, 7) is 0. The predicted molar refractivity (Wildman–Crippen MR) is 86.2 cm³/mol. The fourth-order valence-electron chi connectivity index (χ4n) is 2.15. The number of halogens is 3. The van der Waals surface area contributed by atoms with E-state index in [2.05, 4.69) is 20.4 Å². The molecule has 1 heterocycles. The molecule has 5 nitrogen and oxygen atoms in total. The first kappa shape index (κ1) is 16.7. The van der Waals surface area contributed by atoms with Crippen LogP contribution < -0.4 is 4.74 Å². The van der Waals surface area contributed by atoms with Crippen LogP contribution in [0.2, 0.25) is 0 Å². The molecule has 0 aliphatic heterocycles. The van der Waals surface area contributed by atoms with Gasteiger partial charge in [0.2, 0.25) is 0 Å². The molecule has 0 aliphatic rings. The number of benzene rings is 2. The molecule has 0 saturated heterocycles. The molecule has 3 rings (SSSR count). The first-order valence-electron chi connectivity index (χ1n) is 7.24. The van der Waals surface area contributed by atoms with Gasteiger partial charge in [-0.05, 0) is 48.5 Å². The highest BCUT2D eigenvalue weighted by atomic mass is 19.4. The molecule has 1 N–H and O–H groups in total. The summed E-state index contributed by atoms with van der Waals surface area (Å²) in [6, 6.07) is 11.7. The number of alkyl halides is 3. The summed E-state index contributed by atoms with van der Waals surface area (Å²) in [5.41, 5.74) is 1.55. The van der Waals surface area contributed by atoms with Crippen molar-refractivity contribution in [2.75, 3.05) is 7.11 Å². The number of nitrogens with one attached hydrogen (secondary N) is 1. The maximum atomic E-state index is 12.5. The van der Waals surface area contributed by atoms with Crippen molar-refractivity contribution < 1.29 is 17.9 Å². The molecule has 0 spiro atoms. The van der Waals surface area contributed by atoms with Crippen molar-refractivity contribution in [3.8, 4) is 17.0 Å². The van der Waals surface area contributed by atoms with Gasteiger partial charge in [0.25, 0.3) is 0 Å². The number of methoxy groups -OCH3 is 1. The monoisotopic (exact) mass is 346 g/mol. The molecular formula is C17H13F3N4O. The average Bonchev–Trinajstić information content (AvgIpc) is 3.08. The fraction of sp³-hybridized carbons (Fsp3) is 0.118. The van der Waals surface area contributed by atoms with E-state index in [0.717, 1.165) is 23.4 Å². The maximum absolute atomic E-state index is 12.5. The van der Waals surface area contributed by atoms with Gasteiger partial charge >= 0.3 is 6.18 Å². The van der Waals surface area contributed by atoms with Crippen molar-refractivity contribution in [3.63, 3.8) is 0 Å². The normalized spacial score (nSPS) is 11.8. The second-order valence-electron chi connectivity index (χ2n) is 5.10. The molecule has 8 heteroatoms. The second kappa shape index (κ2) is 6.76. The zero-order valence-electron chi connectivity index (χ0n) is 13.1. The Morgan fingerprint density at radius 2 is 1.64 bits per heavy atom. The second-order valence-corrected chi connectivity index (χ2v) is 5.10. The summed E-state index contributed by atoms with van der Waals surface area (Å²) >= 11 is 0. The summed E-state index contributed by atoms with van der Waals surface area (Å²) in [4.78, 5) is 0. The highest BCUT2D eigenvalue weighted by molar-refractivity contribution is 5.71. The Morgan fingerprint density at radius 3 is 2.24 bits per heavy atom. The van der Waals surface area contributed by atoms with Crippen LogP contribution in [-0.2, 0) is 6.18 Å². The Hall–Kier alpha value is -3.16. The van der Waals surface area contributed by atoms with E-state index in [4.69, 9.17) is 4.74 Å². The predicted octanol–water partition coefficient (Wildman–Crippen LogP) is 5.52. The van der Waals surface area contributed by atoms with Gasteiger partial charge in [0, 0.05) is 5.56 Å². The van der Waals surface area contributed by atoms with E-state index in [9.17, 15) is 13.2 Å². The number of hydrogen-bond donors (Lipinski definition) is 1. The van der Waals surface area contributed by atoms with Crippen LogP contribution in [0.15, 0.2) is 65.0 Å². The molecule has 0 radical (unpaired) electrons. The molecule has 3 aromatic rings. The molecule has 25 heavy (non-hydrogen) atoms. The van der Waals surface area contributed by atoms with Crippen LogP contribution in [0.25, 0.3) is 11.3 Å². The van der Waals surface area contributed by atoms with E-state index in [1.54, 1.807) is 19.2 Å². The van der Waals surface area contributed by atoms with Crippen molar-refractivity contribution in [1.29, 1.82) is 0 Å². The lowest BCUT2D eigenvalue weighted by molar-refractivity contribution is -0.137. The number of H-pyrrole nitrogens is 1. The van der Waals surface area contributed by atoms with Crippen LogP contribution in [0.3, 0.4) is 0 Å². The lowest BCUT2D eigenvalue weighted by Gasteiger charge is -2.05. The smallest absolute Gasteiger partial charge is 0.416 e. The minimum atomic E-state index is -4.37.